The SMILES string of the molecule is COc1ccc(Nc2cc3c(c4c2C(=O)c2ccccc2C4=O)N=C2C=CC(C)=CC2S3)cc1. The highest BCUT2D eigenvalue weighted by atomic mass is 32.2. The van der Waals surface area contributed by atoms with Crippen molar-refractivity contribution < 1.29 is 14.3 Å². The first-order valence-electron chi connectivity index (χ1n) is 11.0. The van der Waals surface area contributed by atoms with Crippen molar-refractivity contribution in [2.24, 2.45) is 4.99 Å². The number of benzene rings is 3. The van der Waals surface area contributed by atoms with Crippen molar-refractivity contribution in [3.63, 3.8) is 0 Å². The Balaban J connectivity index is 1.57. The standard InChI is InChI=1S/C28H20N2O3S/c1-15-7-12-20-22(13-15)34-23-14-21(29-16-8-10-17(33-2)11-9-16)24-25(26(23)30-20)28(32)19-6-4-3-5-18(19)27(24)31/h3-14,22,29H,1-2H3. The Bertz CT molecular complexity index is 1480. The fourth-order valence-corrected chi connectivity index (χ4v) is 5.79. The van der Waals surface area contributed by atoms with E-state index in [1.54, 1.807) is 43.1 Å². The molecule has 1 atom stereocenters. The predicted octanol–water partition coefficient (Wildman–Crippen LogP) is 6.28. The van der Waals surface area contributed by atoms with Crippen LogP contribution in [0.2, 0.25) is 0 Å². The summed E-state index contributed by atoms with van der Waals surface area (Å²) >= 11 is 1.65. The molecule has 1 aliphatic heterocycles. The molecule has 166 valence electrons. The summed E-state index contributed by atoms with van der Waals surface area (Å²) in [5.74, 6) is 0.393. The lowest BCUT2D eigenvalue weighted by molar-refractivity contribution is 0.0980. The number of aliphatic imine (C=N–C) groups is 1. The van der Waals surface area contributed by atoms with Gasteiger partial charge < -0.3 is 10.1 Å². The van der Waals surface area contributed by atoms with Gasteiger partial charge in [-0.3, -0.25) is 9.59 Å². The molecule has 6 heteroatoms. The summed E-state index contributed by atoms with van der Waals surface area (Å²) in [6.45, 7) is 2.06. The first-order valence-corrected chi connectivity index (χ1v) is 11.8. The molecule has 3 aromatic carbocycles. The summed E-state index contributed by atoms with van der Waals surface area (Å²) in [6.07, 6.45) is 6.19. The van der Waals surface area contributed by atoms with E-state index in [4.69, 9.17) is 9.73 Å². The summed E-state index contributed by atoms with van der Waals surface area (Å²) in [5.41, 5.74) is 5.62. The maximum absolute atomic E-state index is 13.7. The lowest BCUT2D eigenvalue weighted by Crippen LogP contribution is -2.25. The molecule has 0 saturated heterocycles. The van der Waals surface area contributed by atoms with Crippen molar-refractivity contribution in [1.82, 2.24) is 0 Å². The number of thioether (sulfide) groups is 1. The van der Waals surface area contributed by atoms with Crippen molar-refractivity contribution >= 4 is 46.1 Å². The largest absolute Gasteiger partial charge is 0.497 e. The van der Waals surface area contributed by atoms with Gasteiger partial charge in [-0.2, -0.15) is 0 Å². The molecule has 0 radical (unpaired) electrons. The van der Waals surface area contributed by atoms with Crippen molar-refractivity contribution in [2.75, 3.05) is 12.4 Å². The van der Waals surface area contributed by atoms with Gasteiger partial charge in [0.2, 0.25) is 0 Å². The minimum Gasteiger partial charge on any atom is -0.497 e. The van der Waals surface area contributed by atoms with Gasteiger partial charge in [0.05, 0.1) is 40.6 Å². The zero-order valence-electron chi connectivity index (χ0n) is 18.6. The molecule has 1 N–H and O–H groups in total. The number of anilines is 2. The number of hydrogen-bond donors (Lipinski definition) is 1. The van der Waals surface area contributed by atoms with Crippen LogP contribution in [0.5, 0.6) is 5.75 Å². The molecule has 0 spiro atoms. The maximum Gasteiger partial charge on any atom is 0.196 e. The number of nitrogens with zero attached hydrogens (tertiary/aromatic N) is 1. The van der Waals surface area contributed by atoms with Gasteiger partial charge in [0, 0.05) is 21.7 Å². The summed E-state index contributed by atoms with van der Waals surface area (Å²) in [7, 11) is 1.62. The minimum absolute atomic E-state index is 0.0751. The highest BCUT2D eigenvalue weighted by molar-refractivity contribution is 8.01. The van der Waals surface area contributed by atoms with E-state index in [1.165, 1.54) is 5.57 Å². The number of rotatable bonds is 3. The van der Waals surface area contributed by atoms with Crippen LogP contribution in [0.25, 0.3) is 0 Å². The molecule has 3 aromatic rings. The van der Waals surface area contributed by atoms with Crippen molar-refractivity contribution in [2.45, 2.75) is 17.1 Å². The molecule has 0 fully saturated rings. The molecule has 5 nitrogen and oxygen atoms in total. The van der Waals surface area contributed by atoms with E-state index in [1.807, 2.05) is 42.5 Å². The number of carbonyl (C=O) groups is 2. The van der Waals surface area contributed by atoms with E-state index >= 15 is 0 Å². The van der Waals surface area contributed by atoms with E-state index in [2.05, 4.69) is 18.3 Å². The third-order valence-corrected chi connectivity index (χ3v) is 7.42. The number of ether oxygens (including phenoxy) is 1. The summed E-state index contributed by atoms with van der Waals surface area (Å²) < 4.78 is 5.26. The molecule has 3 aliphatic rings. The number of ketones is 2. The molecular formula is C28H20N2O3S. The quantitative estimate of drug-likeness (QED) is 0.387. The number of fused-ring (bicyclic) bond motifs is 5. The number of allylic oxidation sites excluding steroid dienone is 3. The van der Waals surface area contributed by atoms with Crippen molar-refractivity contribution in [3.8, 4) is 5.75 Å². The first kappa shape index (κ1) is 20.7. The van der Waals surface area contributed by atoms with E-state index < -0.39 is 0 Å². The molecule has 0 amide bonds. The molecule has 1 unspecified atom stereocenters. The highest BCUT2D eigenvalue weighted by Crippen LogP contribution is 2.48. The zero-order valence-corrected chi connectivity index (χ0v) is 19.4. The van der Waals surface area contributed by atoms with Crippen LogP contribution in [-0.2, 0) is 0 Å². The Morgan fingerprint density at radius 2 is 1.65 bits per heavy atom. The van der Waals surface area contributed by atoms with Gasteiger partial charge in [-0.15, -0.1) is 11.8 Å². The van der Waals surface area contributed by atoms with Crippen LogP contribution in [0.15, 0.2) is 88.3 Å². The third-order valence-electron chi connectivity index (χ3n) is 6.22. The Labute approximate surface area is 201 Å². The predicted molar refractivity (Wildman–Crippen MR) is 136 cm³/mol. The number of nitrogens with one attached hydrogen (secondary N) is 1. The third kappa shape index (κ3) is 3.22. The summed E-state index contributed by atoms with van der Waals surface area (Å²) in [6, 6.07) is 16.4. The second kappa shape index (κ2) is 7.85. The molecule has 1 heterocycles. The minimum atomic E-state index is -0.175. The van der Waals surface area contributed by atoms with Crippen LogP contribution in [0.1, 0.15) is 38.8 Å². The molecule has 6 rings (SSSR count). The van der Waals surface area contributed by atoms with Gasteiger partial charge in [0.25, 0.3) is 0 Å². The topological polar surface area (TPSA) is 67.8 Å². The lowest BCUT2D eigenvalue weighted by Gasteiger charge is -2.29. The number of methoxy groups -OCH3 is 1. The van der Waals surface area contributed by atoms with Gasteiger partial charge >= 0.3 is 0 Å². The normalized spacial score (nSPS) is 17.6. The fourth-order valence-electron chi connectivity index (χ4n) is 4.54. The van der Waals surface area contributed by atoms with Crippen LogP contribution in [0.3, 0.4) is 0 Å². The van der Waals surface area contributed by atoms with Gasteiger partial charge in [0.1, 0.15) is 5.75 Å². The van der Waals surface area contributed by atoms with Gasteiger partial charge in [-0.1, -0.05) is 42.0 Å². The molecule has 34 heavy (non-hydrogen) atoms. The van der Waals surface area contributed by atoms with Crippen molar-refractivity contribution in [1.29, 1.82) is 0 Å². The second-order valence-electron chi connectivity index (χ2n) is 8.40. The maximum atomic E-state index is 13.7. The van der Waals surface area contributed by atoms with Gasteiger partial charge in [-0.05, 0) is 43.3 Å². The average Bonchev–Trinajstić information content (AvgIpc) is 2.86. The van der Waals surface area contributed by atoms with Crippen LogP contribution in [0, 0.1) is 0 Å². The highest BCUT2D eigenvalue weighted by Gasteiger charge is 2.37. The van der Waals surface area contributed by atoms with Gasteiger partial charge in [0.15, 0.2) is 11.6 Å². The second-order valence-corrected chi connectivity index (χ2v) is 9.58. The molecule has 0 aromatic heterocycles. The Kier molecular flexibility index (Phi) is 4.78. The Hall–Kier alpha value is -3.90. The average molecular weight is 465 g/mol. The Morgan fingerprint density at radius 3 is 2.35 bits per heavy atom. The van der Waals surface area contributed by atoms with Crippen LogP contribution in [-0.4, -0.2) is 29.6 Å². The fraction of sp³-hybridized carbons (Fsp3) is 0.107. The van der Waals surface area contributed by atoms with E-state index in [0.29, 0.717) is 33.6 Å². The lowest BCUT2D eigenvalue weighted by atomic mass is 9.82. The summed E-state index contributed by atoms with van der Waals surface area (Å²) in [4.78, 5) is 33.2. The van der Waals surface area contributed by atoms with E-state index in [-0.39, 0.29) is 16.8 Å². The molecule has 0 saturated carbocycles. The Morgan fingerprint density at radius 1 is 0.941 bits per heavy atom. The first-order chi connectivity index (χ1) is 16.5. The van der Waals surface area contributed by atoms with E-state index in [0.717, 1.165) is 22.0 Å². The smallest absolute Gasteiger partial charge is 0.196 e. The molecule has 2 aliphatic carbocycles. The zero-order chi connectivity index (χ0) is 23.4. The monoisotopic (exact) mass is 464 g/mol. The molecular weight excluding hydrogens is 444 g/mol. The van der Waals surface area contributed by atoms with Crippen molar-refractivity contribution in [3.05, 3.63) is 101 Å². The molecule has 0 bridgehead atoms. The van der Waals surface area contributed by atoms with E-state index in [9.17, 15) is 9.59 Å². The van der Waals surface area contributed by atoms with Gasteiger partial charge in [-0.25, -0.2) is 4.99 Å². The summed E-state index contributed by atoms with van der Waals surface area (Å²) in [5, 5.41) is 3.45. The number of carbonyl (C=O) groups excluding carboxylic acids is 2. The van der Waals surface area contributed by atoms with Crippen LogP contribution < -0.4 is 10.1 Å². The van der Waals surface area contributed by atoms with Crippen LogP contribution >= 0.6 is 11.8 Å². The van der Waals surface area contributed by atoms with Crippen LogP contribution in [0.4, 0.5) is 17.1 Å². The number of hydrogen-bond acceptors (Lipinski definition) is 6.